The minimum Gasteiger partial charge on any atom is -0.344 e. The van der Waals surface area contributed by atoms with Crippen molar-refractivity contribution in [1.29, 1.82) is 5.26 Å². The van der Waals surface area contributed by atoms with E-state index in [1.165, 1.54) is 30.3 Å². The molecule has 30 heavy (non-hydrogen) atoms. The number of rotatable bonds is 4. The van der Waals surface area contributed by atoms with Crippen LogP contribution in [0.3, 0.4) is 0 Å². The molecule has 7 heteroatoms. The number of fused-ring (bicyclic) bond motifs is 3. The molecular weight excluding hydrogens is 380 g/mol. The van der Waals surface area contributed by atoms with Gasteiger partial charge in [0.25, 0.3) is 11.6 Å². The molecule has 0 aliphatic carbocycles. The molecule has 146 valence electrons. The van der Waals surface area contributed by atoms with Crippen molar-refractivity contribution in [3.63, 3.8) is 0 Å². The normalized spacial score (nSPS) is 11.4. The maximum absolute atomic E-state index is 12.5. The van der Waals surface area contributed by atoms with Crippen molar-refractivity contribution in [3.8, 4) is 6.07 Å². The summed E-state index contributed by atoms with van der Waals surface area (Å²) in [5.74, 6) is -0.629. The Morgan fingerprint density at radius 2 is 1.83 bits per heavy atom. The Hall–Kier alpha value is -4.44. The second-order valence-corrected chi connectivity index (χ2v) is 6.78. The number of aromatic nitrogens is 1. The van der Waals surface area contributed by atoms with Crippen LogP contribution in [0.25, 0.3) is 27.9 Å². The van der Waals surface area contributed by atoms with Crippen molar-refractivity contribution >= 4 is 45.2 Å². The fourth-order valence-corrected chi connectivity index (χ4v) is 3.49. The molecule has 0 unspecified atom stereocenters. The fraction of sp³-hybridized carbons (Fsp3) is 0.0435. The maximum atomic E-state index is 12.5. The highest BCUT2D eigenvalue weighted by molar-refractivity contribution is 6.11. The Morgan fingerprint density at radius 3 is 2.60 bits per heavy atom. The lowest BCUT2D eigenvalue weighted by Crippen LogP contribution is -2.13. The number of nitro groups is 1. The lowest BCUT2D eigenvalue weighted by atomic mass is 10.1. The average molecular weight is 396 g/mol. The molecule has 1 N–H and O–H groups in total. The second-order valence-electron chi connectivity index (χ2n) is 6.78. The lowest BCUT2D eigenvalue weighted by molar-refractivity contribution is -0.384. The Bertz CT molecular complexity index is 1390. The number of hydrogen-bond acceptors (Lipinski definition) is 4. The summed E-state index contributed by atoms with van der Waals surface area (Å²) in [4.78, 5) is 22.9. The largest absolute Gasteiger partial charge is 0.344 e. The molecule has 7 nitrogen and oxygen atoms in total. The third-order valence-electron chi connectivity index (χ3n) is 4.93. The van der Waals surface area contributed by atoms with E-state index in [0.29, 0.717) is 5.56 Å². The van der Waals surface area contributed by atoms with Crippen molar-refractivity contribution in [3.05, 3.63) is 88.0 Å². The number of nitro benzene ring substituents is 1. The third kappa shape index (κ3) is 3.38. The first-order chi connectivity index (χ1) is 14.5. The molecule has 0 bridgehead atoms. The Kier molecular flexibility index (Phi) is 4.74. The third-order valence-corrected chi connectivity index (χ3v) is 4.93. The van der Waals surface area contributed by atoms with E-state index in [1.807, 2.05) is 55.6 Å². The molecule has 0 aliphatic rings. The van der Waals surface area contributed by atoms with E-state index in [1.54, 1.807) is 0 Å². The molecular formula is C23H16N4O3. The van der Waals surface area contributed by atoms with Gasteiger partial charge in [-0.25, -0.2) is 0 Å². The van der Waals surface area contributed by atoms with Gasteiger partial charge in [-0.3, -0.25) is 14.9 Å². The van der Waals surface area contributed by atoms with E-state index in [0.717, 1.165) is 21.8 Å². The Morgan fingerprint density at radius 1 is 1.07 bits per heavy atom. The summed E-state index contributed by atoms with van der Waals surface area (Å²) in [6, 6.07) is 21.2. The topological polar surface area (TPSA) is 101 Å². The van der Waals surface area contributed by atoms with Crippen LogP contribution in [0.1, 0.15) is 5.56 Å². The van der Waals surface area contributed by atoms with E-state index in [9.17, 15) is 20.2 Å². The van der Waals surface area contributed by atoms with Crippen LogP contribution in [-0.4, -0.2) is 15.4 Å². The summed E-state index contributed by atoms with van der Waals surface area (Å²) in [7, 11) is 1.99. The molecule has 0 spiro atoms. The highest BCUT2D eigenvalue weighted by Crippen LogP contribution is 2.29. The van der Waals surface area contributed by atoms with Crippen LogP contribution in [0, 0.1) is 21.4 Å². The number of nitriles is 1. The standard InChI is InChI=1S/C23H16N4O3/c1-26-21-8-3-2-7-19(21)20-12-15(9-10-22(20)26)11-16(14-24)23(28)25-17-5-4-6-18(13-17)27(29)30/h2-13H,1H3,(H,25,28). The van der Waals surface area contributed by atoms with E-state index in [2.05, 4.69) is 9.88 Å². The van der Waals surface area contributed by atoms with Crippen LogP contribution in [-0.2, 0) is 11.8 Å². The number of nitrogens with one attached hydrogen (secondary N) is 1. The summed E-state index contributed by atoms with van der Waals surface area (Å²) in [6.07, 6.45) is 1.51. The molecule has 1 aromatic heterocycles. The predicted molar refractivity (Wildman–Crippen MR) is 116 cm³/mol. The van der Waals surface area contributed by atoms with Gasteiger partial charge in [0.05, 0.1) is 4.92 Å². The molecule has 0 saturated carbocycles. The number of anilines is 1. The van der Waals surface area contributed by atoms with Crippen molar-refractivity contribution in [2.45, 2.75) is 0 Å². The van der Waals surface area contributed by atoms with Gasteiger partial charge in [0.1, 0.15) is 11.6 Å². The minimum absolute atomic E-state index is 0.0962. The van der Waals surface area contributed by atoms with Crippen LogP contribution < -0.4 is 5.32 Å². The number of non-ortho nitro benzene ring substituents is 1. The molecule has 1 amide bonds. The van der Waals surface area contributed by atoms with Crippen LogP contribution >= 0.6 is 0 Å². The smallest absolute Gasteiger partial charge is 0.271 e. The van der Waals surface area contributed by atoms with Crippen LogP contribution in [0.15, 0.2) is 72.3 Å². The van der Waals surface area contributed by atoms with Gasteiger partial charge in [-0.2, -0.15) is 5.26 Å². The predicted octanol–water partition coefficient (Wildman–Crippen LogP) is 4.79. The number of amides is 1. The highest BCUT2D eigenvalue weighted by Gasteiger charge is 2.13. The van der Waals surface area contributed by atoms with Crippen LogP contribution in [0.4, 0.5) is 11.4 Å². The lowest BCUT2D eigenvalue weighted by Gasteiger charge is -2.04. The summed E-state index contributed by atoms with van der Waals surface area (Å²) >= 11 is 0. The summed E-state index contributed by atoms with van der Waals surface area (Å²) in [5, 5.41) is 25.0. The molecule has 0 aliphatic heterocycles. The quantitative estimate of drug-likeness (QED) is 0.232. The van der Waals surface area contributed by atoms with Gasteiger partial charge >= 0.3 is 0 Å². The maximum Gasteiger partial charge on any atom is 0.271 e. The molecule has 3 aromatic carbocycles. The number of para-hydroxylation sites is 1. The van der Waals surface area contributed by atoms with Gasteiger partial charge in [-0.05, 0) is 35.9 Å². The molecule has 0 fully saturated rings. The number of carbonyl (C=O) groups is 1. The minimum atomic E-state index is -0.629. The van der Waals surface area contributed by atoms with E-state index in [-0.39, 0.29) is 16.9 Å². The zero-order chi connectivity index (χ0) is 21.3. The molecule has 0 saturated heterocycles. The van der Waals surface area contributed by atoms with Crippen molar-refractivity contribution < 1.29 is 9.72 Å². The van der Waals surface area contributed by atoms with Gasteiger partial charge in [-0.15, -0.1) is 0 Å². The zero-order valence-corrected chi connectivity index (χ0v) is 16.0. The number of aryl methyl sites for hydroxylation is 1. The van der Waals surface area contributed by atoms with E-state index < -0.39 is 10.8 Å². The van der Waals surface area contributed by atoms with Crippen LogP contribution in [0.2, 0.25) is 0 Å². The van der Waals surface area contributed by atoms with Gasteiger partial charge in [0, 0.05) is 46.7 Å². The van der Waals surface area contributed by atoms with E-state index in [4.69, 9.17) is 0 Å². The van der Waals surface area contributed by atoms with Gasteiger partial charge in [0.2, 0.25) is 0 Å². The first kappa shape index (κ1) is 18.9. The number of carbonyl (C=O) groups excluding carboxylic acids is 1. The number of benzene rings is 3. The number of hydrogen-bond donors (Lipinski definition) is 1. The molecule has 0 radical (unpaired) electrons. The van der Waals surface area contributed by atoms with Crippen molar-refractivity contribution in [2.75, 3.05) is 5.32 Å². The monoisotopic (exact) mass is 396 g/mol. The fourth-order valence-electron chi connectivity index (χ4n) is 3.49. The van der Waals surface area contributed by atoms with Gasteiger partial charge in [-0.1, -0.05) is 30.3 Å². The summed E-state index contributed by atoms with van der Waals surface area (Å²) in [5.41, 5.74) is 2.87. The Labute approximate surface area is 171 Å². The molecule has 4 aromatic rings. The second kappa shape index (κ2) is 7.53. The van der Waals surface area contributed by atoms with Gasteiger partial charge < -0.3 is 9.88 Å². The first-order valence-electron chi connectivity index (χ1n) is 9.13. The zero-order valence-electron chi connectivity index (χ0n) is 16.0. The molecule has 0 atom stereocenters. The first-order valence-corrected chi connectivity index (χ1v) is 9.13. The molecule has 1 heterocycles. The Balaban J connectivity index is 1.68. The van der Waals surface area contributed by atoms with Gasteiger partial charge in [0.15, 0.2) is 0 Å². The SMILES string of the molecule is Cn1c2ccccc2c2cc(C=C(C#N)C(=O)Nc3cccc([N+](=O)[O-])c3)ccc21. The van der Waals surface area contributed by atoms with Crippen molar-refractivity contribution in [1.82, 2.24) is 4.57 Å². The van der Waals surface area contributed by atoms with Crippen LogP contribution in [0.5, 0.6) is 0 Å². The highest BCUT2D eigenvalue weighted by atomic mass is 16.6. The summed E-state index contributed by atoms with van der Waals surface area (Å²) in [6.45, 7) is 0. The van der Waals surface area contributed by atoms with Crippen molar-refractivity contribution in [2.24, 2.45) is 7.05 Å². The van der Waals surface area contributed by atoms with E-state index >= 15 is 0 Å². The number of nitrogens with zero attached hydrogens (tertiary/aromatic N) is 3. The summed E-state index contributed by atoms with van der Waals surface area (Å²) < 4.78 is 2.10. The average Bonchev–Trinajstić information content (AvgIpc) is 3.04. The molecule has 4 rings (SSSR count).